The van der Waals surface area contributed by atoms with E-state index in [1.165, 1.54) is 0 Å². The molecule has 3 aromatic rings. The molecule has 0 radical (unpaired) electrons. The maximum absolute atomic E-state index is 13.0. The van der Waals surface area contributed by atoms with Crippen molar-refractivity contribution in [2.24, 2.45) is 0 Å². The number of hydrogen-bond donors (Lipinski definition) is 1. The van der Waals surface area contributed by atoms with Gasteiger partial charge in [0.15, 0.2) is 5.78 Å². The summed E-state index contributed by atoms with van der Waals surface area (Å²) in [5, 5.41) is 2.70. The third-order valence-electron chi connectivity index (χ3n) is 5.54. The summed E-state index contributed by atoms with van der Waals surface area (Å²) in [7, 11) is -3.78. The molecule has 1 N–H and O–H groups in total. The van der Waals surface area contributed by atoms with Crippen LogP contribution >= 0.6 is 0 Å². The lowest BCUT2D eigenvalue weighted by Gasteiger charge is -2.24. The number of hydrogen-bond acceptors (Lipinski definition) is 5. The summed E-state index contributed by atoms with van der Waals surface area (Å²) in [6, 6.07) is 20.7. The zero-order valence-electron chi connectivity index (χ0n) is 21.2. The molecule has 0 spiro atoms. The van der Waals surface area contributed by atoms with Crippen LogP contribution in [-0.4, -0.2) is 39.5 Å². The summed E-state index contributed by atoms with van der Waals surface area (Å²) in [6.45, 7) is 8.01. The lowest BCUT2D eigenvalue weighted by molar-refractivity contribution is -0.114. The van der Waals surface area contributed by atoms with Gasteiger partial charge in [0.1, 0.15) is 12.3 Å². The van der Waals surface area contributed by atoms with Crippen molar-refractivity contribution in [3.8, 4) is 5.75 Å². The van der Waals surface area contributed by atoms with Crippen LogP contribution in [0.3, 0.4) is 0 Å². The molecule has 7 nitrogen and oxygen atoms in total. The molecule has 0 aliphatic rings. The molecule has 3 rings (SSSR count). The van der Waals surface area contributed by atoms with E-state index in [1.54, 1.807) is 67.6 Å². The van der Waals surface area contributed by atoms with Gasteiger partial charge in [-0.3, -0.25) is 13.9 Å². The molecule has 0 saturated heterocycles. The van der Waals surface area contributed by atoms with Gasteiger partial charge in [0.25, 0.3) is 0 Å². The van der Waals surface area contributed by atoms with E-state index in [0.717, 1.165) is 16.1 Å². The average Bonchev–Trinajstić information content (AvgIpc) is 2.82. The third kappa shape index (κ3) is 6.73. The number of ether oxygens (including phenoxy) is 1. The number of amides is 1. The van der Waals surface area contributed by atoms with E-state index in [0.29, 0.717) is 29.2 Å². The molecule has 0 aromatic heterocycles. The number of benzene rings is 3. The van der Waals surface area contributed by atoms with E-state index in [4.69, 9.17) is 4.74 Å². The first-order valence-corrected chi connectivity index (χ1v) is 13.5. The van der Waals surface area contributed by atoms with Crippen molar-refractivity contribution in [3.05, 3.63) is 89.5 Å². The van der Waals surface area contributed by atoms with Crippen molar-refractivity contribution < 1.29 is 22.7 Å². The molecule has 0 aliphatic carbocycles. The van der Waals surface area contributed by atoms with Crippen molar-refractivity contribution >= 4 is 33.1 Å². The van der Waals surface area contributed by atoms with Crippen LogP contribution in [0.25, 0.3) is 0 Å². The van der Waals surface area contributed by atoms with Gasteiger partial charge in [0, 0.05) is 16.8 Å². The minimum Gasteiger partial charge on any atom is -0.492 e. The van der Waals surface area contributed by atoms with E-state index >= 15 is 0 Å². The number of anilines is 2. The van der Waals surface area contributed by atoms with Gasteiger partial charge in [-0.2, -0.15) is 0 Å². The van der Waals surface area contributed by atoms with Crippen LogP contribution < -0.4 is 14.4 Å². The number of carbonyl (C=O) groups excluding carboxylic acids is 2. The van der Waals surface area contributed by atoms with E-state index in [1.807, 2.05) is 12.1 Å². The van der Waals surface area contributed by atoms with Gasteiger partial charge in [-0.15, -0.1) is 0 Å². The maximum Gasteiger partial charge on any atom is 0.245 e. The second-order valence-electron chi connectivity index (χ2n) is 9.46. The van der Waals surface area contributed by atoms with E-state index in [-0.39, 0.29) is 16.9 Å². The second kappa shape index (κ2) is 11.0. The number of para-hydroxylation sites is 2. The van der Waals surface area contributed by atoms with Crippen molar-refractivity contribution in [3.63, 3.8) is 0 Å². The number of ketones is 1. The van der Waals surface area contributed by atoms with Crippen LogP contribution in [0, 0.1) is 0 Å². The maximum atomic E-state index is 13.0. The Hall–Kier alpha value is -3.65. The Morgan fingerprint density at radius 2 is 1.58 bits per heavy atom. The van der Waals surface area contributed by atoms with Crippen LogP contribution in [0.5, 0.6) is 5.75 Å². The Bertz CT molecular complexity index is 1340. The van der Waals surface area contributed by atoms with E-state index in [9.17, 15) is 18.0 Å². The zero-order valence-corrected chi connectivity index (χ0v) is 22.1. The van der Waals surface area contributed by atoms with Gasteiger partial charge in [0.2, 0.25) is 15.9 Å². The minimum absolute atomic E-state index is 0.0190. The highest BCUT2D eigenvalue weighted by atomic mass is 32.2. The molecule has 0 fully saturated rings. The highest BCUT2D eigenvalue weighted by Crippen LogP contribution is 2.30. The summed E-state index contributed by atoms with van der Waals surface area (Å²) in [6.07, 6.45) is 1.03. The fourth-order valence-electron chi connectivity index (χ4n) is 3.68. The highest BCUT2D eigenvalue weighted by molar-refractivity contribution is 7.92. The van der Waals surface area contributed by atoms with Gasteiger partial charge in [-0.25, -0.2) is 8.42 Å². The van der Waals surface area contributed by atoms with Gasteiger partial charge < -0.3 is 10.1 Å². The summed E-state index contributed by atoms with van der Waals surface area (Å²) >= 11 is 0. The number of rotatable bonds is 9. The van der Waals surface area contributed by atoms with Crippen LogP contribution in [0.2, 0.25) is 0 Å². The van der Waals surface area contributed by atoms with E-state index in [2.05, 4.69) is 26.1 Å². The molecule has 0 saturated carbocycles. The standard InChI is InChI=1S/C28H32N2O5S/c1-6-35-25-13-8-7-12-24(25)30(36(5,33)34)19-26(31)29-23-11-9-10-21(18-23)27(32)20-14-16-22(17-15-20)28(2,3)4/h7-18H,6,19H2,1-5H3,(H,29,31). The molecular weight excluding hydrogens is 476 g/mol. The molecule has 0 aliphatic heterocycles. The Kier molecular flexibility index (Phi) is 8.20. The number of nitrogens with zero attached hydrogens (tertiary/aromatic N) is 1. The molecule has 36 heavy (non-hydrogen) atoms. The minimum atomic E-state index is -3.78. The Morgan fingerprint density at radius 3 is 2.19 bits per heavy atom. The molecule has 0 unspecified atom stereocenters. The smallest absolute Gasteiger partial charge is 0.245 e. The van der Waals surface area contributed by atoms with Crippen molar-refractivity contribution in [1.29, 1.82) is 0 Å². The van der Waals surface area contributed by atoms with Crippen LogP contribution in [-0.2, 0) is 20.2 Å². The number of nitrogens with one attached hydrogen (secondary N) is 1. The summed E-state index contributed by atoms with van der Waals surface area (Å²) in [5.74, 6) is -0.357. The second-order valence-corrected chi connectivity index (χ2v) is 11.4. The van der Waals surface area contributed by atoms with Crippen molar-refractivity contribution in [2.45, 2.75) is 33.1 Å². The van der Waals surface area contributed by atoms with Crippen LogP contribution in [0.15, 0.2) is 72.8 Å². The first-order valence-electron chi connectivity index (χ1n) is 11.6. The zero-order chi connectivity index (χ0) is 26.5. The van der Waals surface area contributed by atoms with E-state index < -0.39 is 22.5 Å². The first-order chi connectivity index (χ1) is 16.9. The van der Waals surface area contributed by atoms with Crippen LogP contribution in [0.1, 0.15) is 49.2 Å². The Morgan fingerprint density at radius 1 is 0.917 bits per heavy atom. The molecule has 0 bridgehead atoms. The molecule has 1 amide bonds. The number of sulfonamides is 1. The largest absolute Gasteiger partial charge is 0.492 e. The Labute approximate surface area is 213 Å². The topological polar surface area (TPSA) is 92.8 Å². The fraction of sp³-hybridized carbons (Fsp3) is 0.286. The van der Waals surface area contributed by atoms with Crippen molar-refractivity contribution in [2.75, 3.05) is 29.0 Å². The van der Waals surface area contributed by atoms with Gasteiger partial charge in [-0.05, 0) is 42.2 Å². The Balaban J connectivity index is 1.79. The van der Waals surface area contributed by atoms with Gasteiger partial charge in [-0.1, -0.05) is 69.3 Å². The van der Waals surface area contributed by atoms with Crippen LogP contribution in [0.4, 0.5) is 11.4 Å². The number of carbonyl (C=O) groups is 2. The summed E-state index contributed by atoms with van der Waals surface area (Å²) < 4.78 is 31.6. The molecule has 190 valence electrons. The quantitative estimate of drug-likeness (QED) is 0.410. The average molecular weight is 509 g/mol. The van der Waals surface area contributed by atoms with Crippen molar-refractivity contribution in [1.82, 2.24) is 0 Å². The third-order valence-corrected chi connectivity index (χ3v) is 6.67. The fourth-order valence-corrected chi connectivity index (χ4v) is 4.54. The monoisotopic (exact) mass is 508 g/mol. The SMILES string of the molecule is CCOc1ccccc1N(CC(=O)Nc1cccc(C(=O)c2ccc(C(C)(C)C)cc2)c1)S(C)(=O)=O. The first kappa shape index (κ1) is 26.9. The predicted molar refractivity (Wildman–Crippen MR) is 143 cm³/mol. The van der Waals surface area contributed by atoms with Gasteiger partial charge in [0.05, 0.1) is 18.6 Å². The molecule has 0 atom stereocenters. The molecular formula is C28H32N2O5S. The molecule has 3 aromatic carbocycles. The summed E-state index contributed by atoms with van der Waals surface area (Å²) in [4.78, 5) is 25.9. The predicted octanol–water partition coefficient (Wildman–Crippen LogP) is 5.02. The molecule has 8 heteroatoms. The summed E-state index contributed by atoms with van der Waals surface area (Å²) in [5.41, 5.74) is 2.74. The lowest BCUT2D eigenvalue weighted by Crippen LogP contribution is -2.37. The van der Waals surface area contributed by atoms with Gasteiger partial charge >= 0.3 is 0 Å². The highest BCUT2D eigenvalue weighted by Gasteiger charge is 2.24. The normalized spacial score (nSPS) is 11.6. The lowest BCUT2D eigenvalue weighted by atomic mass is 9.86. The molecule has 0 heterocycles.